The van der Waals surface area contributed by atoms with Crippen LogP contribution in [0.3, 0.4) is 0 Å². The van der Waals surface area contributed by atoms with E-state index in [2.05, 4.69) is 10.0 Å². The predicted octanol–water partition coefficient (Wildman–Crippen LogP) is 4.42. The normalized spacial score (nSPS) is 12.4. The van der Waals surface area contributed by atoms with Gasteiger partial charge in [-0.2, -0.15) is 4.72 Å². The number of aryl methyl sites for hydroxylation is 3. The van der Waals surface area contributed by atoms with Crippen LogP contribution < -0.4 is 10.0 Å². The molecule has 0 bridgehead atoms. The molecule has 5 nitrogen and oxygen atoms in total. The molecule has 168 valence electrons. The molecule has 0 spiro atoms. The Morgan fingerprint density at radius 3 is 2.03 bits per heavy atom. The molecule has 2 N–H and O–H groups in total. The number of hydrogen-bond acceptors (Lipinski definition) is 3. The highest BCUT2D eigenvalue weighted by atomic mass is 32.2. The number of anilines is 1. The number of nitrogens with one attached hydrogen (secondary N) is 2. The molecule has 0 aliphatic rings. The van der Waals surface area contributed by atoms with Crippen molar-refractivity contribution in [3.8, 4) is 0 Å². The molecule has 0 aromatic heterocycles. The van der Waals surface area contributed by atoms with E-state index in [4.69, 9.17) is 0 Å². The lowest BCUT2D eigenvalue weighted by molar-refractivity contribution is -0.117. The minimum atomic E-state index is -4.11. The Morgan fingerprint density at radius 1 is 0.906 bits per heavy atom. The average Bonchev–Trinajstić information content (AvgIpc) is 2.69. The summed E-state index contributed by atoms with van der Waals surface area (Å²) >= 11 is 0. The third kappa shape index (κ3) is 5.38. The highest BCUT2D eigenvalue weighted by Crippen LogP contribution is 2.23. The highest BCUT2D eigenvalue weighted by Gasteiger charge is 2.29. The summed E-state index contributed by atoms with van der Waals surface area (Å²) in [6.45, 7) is 5.21. The van der Waals surface area contributed by atoms with E-state index in [1.165, 1.54) is 6.07 Å². The first-order valence-electron chi connectivity index (χ1n) is 9.97. The van der Waals surface area contributed by atoms with E-state index in [-0.39, 0.29) is 11.3 Å². The second-order valence-electron chi connectivity index (χ2n) is 7.68. The quantitative estimate of drug-likeness (QED) is 0.551. The van der Waals surface area contributed by atoms with Gasteiger partial charge < -0.3 is 5.32 Å². The maximum Gasteiger partial charge on any atom is 0.243 e. The lowest BCUT2D eigenvalue weighted by Gasteiger charge is -2.21. The van der Waals surface area contributed by atoms with Crippen LogP contribution in [0.2, 0.25) is 0 Å². The van der Waals surface area contributed by atoms with Gasteiger partial charge in [0.25, 0.3) is 0 Å². The molecule has 3 aromatic rings. The van der Waals surface area contributed by atoms with Crippen LogP contribution in [-0.2, 0) is 21.2 Å². The van der Waals surface area contributed by atoms with Gasteiger partial charge in [0.2, 0.25) is 15.9 Å². The average molecular weight is 459 g/mol. The van der Waals surface area contributed by atoms with Crippen molar-refractivity contribution in [2.75, 3.05) is 5.32 Å². The number of hydrogen-bond donors (Lipinski definition) is 2. The van der Waals surface area contributed by atoms with Crippen molar-refractivity contribution in [1.82, 2.24) is 4.72 Å². The first-order valence-corrected chi connectivity index (χ1v) is 11.5. The lowest BCUT2D eigenvalue weighted by Crippen LogP contribution is -2.45. The Kier molecular flexibility index (Phi) is 7.06. The van der Waals surface area contributed by atoms with Crippen molar-refractivity contribution in [2.24, 2.45) is 0 Å². The number of para-hydroxylation sites is 1. The molecule has 0 heterocycles. The first kappa shape index (κ1) is 23.6. The van der Waals surface area contributed by atoms with E-state index >= 15 is 0 Å². The minimum absolute atomic E-state index is 0.00800. The van der Waals surface area contributed by atoms with E-state index in [0.717, 1.165) is 17.7 Å². The van der Waals surface area contributed by atoms with Gasteiger partial charge >= 0.3 is 0 Å². The summed E-state index contributed by atoms with van der Waals surface area (Å²) in [4.78, 5) is 13.1. The molecule has 32 heavy (non-hydrogen) atoms. The molecule has 0 radical (unpaired) electrons. The minimum Gasteiger partial charge on any atom is -0.320 e. The number of amides is 1. The monoisotopic (exact) mass is 458 g/mol. The molecule has 1 atom stereocenters. The van der Waals surface area contributed by atoms with Crippen LogP contribution in [0.1, 0.15) is 22.3 Å². The van der Waals surface area contributed by atoms with Crippen LogP contribution in [0.15, 0.2) is 65.6 Å². The molecule has 3 aromatic carbocycles. The fourth-order valence-corrected chi connectivity index (χ4v) is 5.35. The van der Waals surface area contributed by atoms with Gasteiger partial charge in [-0.25, -0.2) is 17.2 Å². The van der Waals surface area contributed by atoms with E-state index in [1.54, 1.807) is 56.3 Å². The Morgan fingerprint density at radius 2 is 1.47 bits per heavy atom. The van der Waals surface area contributed by atoms with Gasteiger partial charge in [0.15, 0.2) is 0 Å². The van der Waals surface area contributed by atoms with Crippen LogP contribution in [0.5, 0.6) is 0 Å². The standard InChI is InChI=1S/C24H24F2N2O3S/c1-15-12-16(2)23(17(3)13-15)32(30,31)28-21(14-18-8-5-4-6-9-18)24(29)27-22-19(25)10-7-11-20(22)26/h4-13,21,28H,14H2,1-3H3,(H,27,29). The maximum absolute atomic E-state index is 14.1. The number of halogens is 2. The Balaban J connectivity index is 1.97. The number of carbonyl (C=O) groups excluding carboxylic acids is 1. The fourth-order valence-electron chi connectivity index (χ4n) is 3.70. The summed E-state index contributed by atoms with van der Waals surface area (Å²) in [6, 6.07) is 14.1. The highest BCUT2D eigenvalue weighted by molar-refractivity contribution is 7.89. The Labute approximate surface area is 186 Å². The number of benzene rings is 3. The zero-order valence-electron chi connectivity index (χ0n) is 17.9. The van der Waals surface area contributed by atoms with Gasteiger partial charge in [-0.15, -0.1) is 0 Å². The van der Waals surface area contributed by atoms with Crippen LogP contribution in [0.25, 0.3) is 0 Å². The molecule has 0 saturated heterocycles. The van der Waals surface area contributed by atoms with E-state index in [1.807, 2.05) is 6.92 Å². The maximum atomic E-state index is 14.1. The summed E-state index contributed by atoms with van der Waals surface area (Å²) in [5, 5.41) is 2.20. The molecule has 0 aliphatic heterocycles. The third-order valence-electron chi connectivity index (χ3n) is 4.98. The summed E-state index contributed by atoms with van der Waals surface area (Å²) in [6.07, 6.45) is -0.00800. The van der Waals surface area contributed by atoms with Crippen LogP contribution in [0, 0.1) is 32.4 Å². The zero-order chi connectivity index (χ0) is 23.5. The summed E-state index contributed by atoms with van der Waals surface area (Å²) in [5.74, 6) is -2.78. The predicted molar refractivity (Wildman–Crippen MR) is 120 cm³/mol. The smallest absolute Gasteiger partial charge is 0.243 e. The molecular weight excluding hydrogens is 434 g/mol. The molecule has 1 unspecified atom stereocenters. The second-order valence-corrected chi connectivity index (χ2v) is 9.33. The third-order valence-corrected chi connectivity index (χ3v) is 6.76. The lowest BCUT2D eigenvalue weighted by atomic mass is 10.1. The van der Waals surface area contributed by atoms with E-state index < -0.39 is 39.3 Å². The summed E-state index contributed by atoms with van der Waals surface area (Å²) in [7, 11) is -4.11. The molecule has 3 rings (SSSR count). The fraction of sp³-hybridized carbons (Fsp3) is 0.208. The van der Waals surface area contributed by atoms with Crippen LogP contribution in [-0.4, -0.2) is 20.4 Å². The van der Waals surface area contributed by atoms with Gasteiger partial charge in [0.05, 0.1) is 4.90 Å². The topological polar surface area (TPSA) is 75.3 Å². The first-order chi connectivity index (χ1) is 15.1. The number of sulfonamides is 1. The largest absolute Gasteiger partial charge is 0.320 e. The SMILES string of the molecule is Cc1cc(C)c(S(=O)(=O)NC(Cc2ccccc2)C(=O)Nc2c(F)cccc2F)c(C)c1. The molecule has 0 aliphatic carbocycles. The zero-order valence-corrected chi connectivity index (χ0v) is 18.8. The van der Waals surface area contributed by atoms with Gasteiger partial charge in [0, 0.05) is 0 Å². The van der Waals surface area contributed by atoms with E-state index in [9.17, 15) is 22.0 Å². The number of rotatable bonds is 7. The van der Waals surface area contributed by atoms with Crippen molar-refractivity contribution < 1.29 is 22.0 Å². The van der Waals surface area contributed by atoms with Crippen LogP contribution >= 0.6 is 0 Å². The van der Waals surface area contributed by atoms with Crippen molar-refractivity contribution in [3.05, 3.63) is 94.6 Å². The Hall–Kier alpha value is -3.10. The summed E-state index contributed by atoms with van der Waals surface area (Å²) in [5.41, 5.74) is 2.04. The number of carbonyl (C=O) groups is 1. The van der Waals surface area contributed by atoms with Gasteiger partial charge in [-0.3, -0.25) is 4.79 Å². The summed E-state index contributed by atoms with van der Waals surface area (Å²) < 4.78 is 57.0. The van der Waals surface area contributed by atoms with Gasteiger partial charge in [-0.05, 0) is 56.0 Å². The van der Waals surface area contributed by atoms with Crippen molar-refractivity contribution in [1.29, 1.82) is 0 Å². The molecule has 0 fully saturated rings. The van der Waals surface area contributed by atoms with Crippen molar-refractivity contribution >= 4 is 21.6 Å². The molecule has 0 saturated carbocycles. The van der Waals surface area contributed by atoms with Gasteiger partial charge in [-0.1, -0.05) is 54.1 Å². The Bertz CT molecular complexity index is 1200. The van der Waals surface area contributed by atoms with E-state index in [0.29, 0.717) is 16.7 Å². The van der Waals surface area contributed by atoms with Crippen LogP contribution in [0.4, 0.5) is 14.5 Å². The van der Waals surface area contributed by atoms with Crippen molar-refractivity contribution in [3.63, 3.8) is 0 Å². The molecule has 8 heteroatoms. The van der Waals surface area contributed by atoms with Gasteiger partial charge in [0.1, 0.15) is 23.4 Å². The van der Waals surface area contributed by atoms with Crippen molar-refractivity contribution in [2.45, 2.75) is 38.1 Å². The second kappa shape index (κ2) is 9.58. The molecule has 1 amide bonds. The molecular formula is C24H24F2N2O3S.